The molecule has 2 aromatic carbocycles. The van der Waals surface area contributed by atoms with Crippen molar-refractivity contribution >= 4 is 17.5 Å². The highest BCUT2D eigenvalue weighted by Gasteiger charge is 2.24. The third kappa shape index (κ3) is 7.71. The number of nitrogens with zero attached hydrogens (tertiary/aromatic N) is 2. The first kappa shape index (κ1) is 29.2. The molecule has 0 aromatic heterocycles. The fourth-order valence-corrected chi connectivity index (χ4v) is 4.01. The topological polar surface area (TPSA) is 88.9 Å². The van der Waals surface area contributed by atoms with Gasteiger partial charge in [-0.2, -0.15) is 5.26 Å². The van der Waals surface area contributed by atoms with Gasteiger partial charge in [0.2, 0.25) is 0 Å². The van der Waals surface area contributed by atoms with E-state index in [1.54, 1.807) is 6.92 Å². The molecule has 7 heteroatoms. The summed E-state index contributed by atoms with van der Waals surface area (Å²) in [6, 6.07) is 15.5. The van der Waals surface area contributed by atoms with Crippen LogP contribution in [0, 0.1) is 11.3 Å². The zero-order chi connectivity index (χ0) is 27.4. The maximum atomic E-state index is 12.9. The number of hydrogen-bond donors (Lipinski definition) is 0. The van der Waals surface area contributed by atoms with Gasteiger partial charge in [-0.05, 0) is 55.5 Å². The Hall–Kier alpha value is -4.05. The first-order chi connectivity index (χ1) is 17.8. The molecule has 37 heavy (non-hydrogen) atoms. The van der Waals surface area contributed by atoms with Gasteiger partial charge in [0.25, 0.3) is 0 Å². The predicted octanol–water partition coefficient (Wildman–Crippen LogP) is 5.55. The summed E-state index contributed by atoms with van der Waals surface area (Å²) in [4.78, 5) is 26.4. The fraction of sp³-hybridized carbons (Fsp3) is 0.367. The number of rotatable bonds is 13. The van der Waals surface area contributed by atoms with E-state index in [0.29, 0.717) is 36.4 Å². The van der Waals surface area contributed by atoms with E-state index >= 15 is 0 Å². The highest BCUT2D eigenvalue weighted by Crippen LogP contribution is 2.34. The summed E-state index contributed by atoms with van der Waals surface area (Å²) in [5, 5.41) is 9.70. The molecule has 0 aliphatic rings. The molecule has 0 radical (unpaired) electrons. The number of ether oxygens (including phenoxy) is 3. The first-order valence-corrected chi connectivity index (χ1v) is 12.5. The lowest BCUT2D eigenvalue weighted by atomic mass is 9.93. The van der Waals surface area contributed by atoms with Crippen molar-refractivity contribution in [3.8, 4) is 22.9 Å². The standard InChI is InChI=1S/C30H36N2O5/c1-7-18-32(5)29(30(34)37-9-3)28(21(4)20-31)24-14-12-23(13-15-24)25-19-22(11-17-27(33)35-6)10-16-26(25)36-8-2/h10,12-16,19H,4,7-9,11,17-18H2,1-3,5-6H3/b29-28+. The molecule has 196 valence electrons. The first-order valence-electron chi connectivity index (χ1n) is 12.5. The summed E-state index contributed by atoms with van der Waals surface area (Å²) in [6.07, 6.45) is 1.65. The molecular formula is C30H36N2O5. The van der Waals surface area contributed by atoms with Gasteiger partial charge in [-0.3, -0.25) is 4.79 Å². The molecule has 0 heterocycles. The number of carbonyl (C=O) groups excluding carboxylic acids is 2. The van der Waals surface area contributed by atoms with Gasteiger partial charge in [-0.15, -0.1) is 0 Å². The highest BCUT2D eigenvalue weighted by molar-refractivity contribution is 6.02. The van der Waals surface area contributed by atoms with Crippen molar-refractivity contribution in [1.82, 2.24) is 4.90 Å². The van der Waals surface area contributed by atoms with E-state index < -0.39 is 5.97 Å². The van der Waals surface area contributed by atoms with Crippen LogP contribution in [0.25, 0.3) is 16.7 Å². The highest BCUT2D eigenvalue weighted by atomic mass is 16.5. The number of methoxy groups -OCH3 is 1. The van der Waals surface area contributed by atoms with Gasteiger partial charge in [0.1, 0.15) is 11.4 Å². The minimum Gasteiger partial charge on any atom is -0.493 e. The Kier molecular flexibility index (Phi) is 11.4. The van der Waals surface area contributed by atoms with E-state index in [0.717, 1.165) is 28.9 Å². The molecule has 0 spiro atoms. The Labute approximate surface area is 219 Å². The number of aryl methyl sites for hydroxylation is 1. The van der Waals surface area contributed by atoms with Crippen LogP contribution in [0.2, 0.25) is 0 Å². The molecular weight excluding hydrogens is 468 g/mol. The fourth-order valence-electron chi connectivity index (χ4n) is 4.01. The van der Waals surface area contributed by atoms with E-state index in [4.69, 9.17) is 14.2 Å². The maximum absolute atomic E-state index is 12.9. The lowest BCUT2D eigenvalue weighted by molar-refractivity contribution is -0.141. The minimum atomic E-state index is -0.495. The third-order valence-corrected chi connectivity index (χ3v) is 5.76. The van der Waals surface area contributed by atoms with Crippen molar-refractivity contribution in [3.63, 3.8) is 0 Å². The number of esters is 2. The number of carbonyl (C=O) groups is 2. The summed E-state index contributed by atoms with van der Waals surface area (Å²) >= 11 is 0. The van der Waals surface area contributed by atoms with E-state index in [1.807, 2.05) is 68.3 Å². The Morgan fingerprint density at radius 2 is 1.76 bits per heavy atom. The summed E-state index contributed by atoms with van der Waals surface area (Å²) in [5.41, 5.74) is 4.38. The second-order valence-electron chi connectivity index (χ2n) is 8.37. The van der Waals surface area contributed by atoms with Crippen molar-refractivity contribution in [2.24, 2.45) is 0 Å². The van der Waals surface area contributed by atoms with Crippen LogP contribution in [0.15, 0.2) is 60.3 Å². The van der Waals surface area contributed by atoms with Crippen LogP contribution in [0.1, 0.15) is 44.7 Å². The second kappa shape index (κ2) is 14.5. The van der Waals surface area contributed by atoms with E-state index in [-0.39, 0.29) is 24.6 Å². The number of nitriles is 1. The SMILES string of the molecule is C=C(C#N)/C(=C(/C(=O)OCC)N(C)CCC)c1ccc(-c2cc(CCC(=O)OC)ccc2OCC)cc1. The lowest BCUT2D eigenvalue weighted by Crippen LogP contribution is -2.27. The summed E-state index contributed by atoms with van der Waals surface area (Å²) in [7, 11) is 3.19. The van der Waals surface area contributed by atoms with Gasteiger partial charge in [0.05, 0.1) is 32.0 Å². The average molecular weight is 505 g/mol. The average Bonchev–Trinajstić information content (AvgIpc) is 2.90. The van der Waals surface area contributed by atoms with Crippen LogP contribution in [-0.4, -0.2) is 50.8 Å². The quantitative estimate of drug-likeness (QED) is 0.153. The normalized spacial score (nSPS) is 11.1. The zero-order valence-electron chi connectivity index (χ0n) is 22.4. The van der Waals surface area contributed by atoms with Crippen molar-refractivity contribution < 1.29 is 23.8 Å². The van der Waals surface area contributed by atoms with Crippen molar-refractivity contribution in [2.45, 2.75) is 40.0 Å². The van der Waals surface area contributed by atoms with Gasteiger partial charge in [-0.25, -0.2) is 4.79 Å². The van der Waals surface area contributed by atoms with Crippen LogP contribution < -0.4 is 4.74 Å². The Morgan fingerprint density at radius 1 is 1.05 bits per heavy atom. The molecule has 0 saturated heterocycles. The van der Waals surface area contributed by atoms with E-state index in [9.17, 15) is 14.9 Å². The molecule has 2 rings (SSSR count). The number of benzene rings is 2. The van der Waals surface area contributed by atoms with Crippen LogP contribution in [0.3, 0.4) is 0 Å². The predicted molar refractivity (Wildman–Crippen MR) is 145 cm³/mol. The molecule has 0 fully saturated rings. The molecule has 7 nitrogen and oxygen atoms in total. The molecule has 2 aromatic rings. The summed E-state index contributed by atoms with van der Waals surface area (Å²) in [6.45, 7) is 11.0. The second-order valence-corrected chi connectivity index (χ2v) is 8.37. The van der Waals surface area contributed by atoms with E-state index in [2.05, 4.69) is 12.6 Å². The van der Waals surface area contributed by atoms with Gasteiger partial charge < -0.3 is 19.1 Å². The van der Waals surface area contributed by atoms with Crippen LogP contribution in [0.5, 0.6) is 5.75 Å². The van der Waals surface area contributed by atoms with Crippen LogP contribution in [0.4, 0.5) is 0 Å². The minimum absolute atomic E-state index is 0.179. The Morgan fingerprint density at radius 3 is 2.32 bits per heavy atom. The smallest absolute Gasteiger partial charge is 0.355 e. The van der Waals surface area contributed by atoms with Gasteiger partial charge in [0.15, 0.2) is 0 Å². The van der Waals surface area contributed by atoms with Gasteiger partial charge in [-0.1, -0.05) is 43.8 Å². The zero-order valence-corrected chi connectivity index (χ0v) is 22.4. The third-order valence-electron chi connectivity index (χ3n) is 5.76. The van der Waals surface area contributed by atoms with Crippen molar-refractivity contribution in [3.05, 3.63) is 71.4 Å². The Bertz CT molecular complexity index is 1180. The van der Waals surface area contributed by atoms with Gasteiger partial charge >= 0.3 is 11.9 Å². The van der Waals surface area contributed by atoms with E-state index in [1.165, 1.54) is 7.11 Å². The van der Waals surface area contributed by atoms with Crippen molar-refractivity contribution in [2.75, 3.05) is 33.9 Å². The van der Waals surface area contributed by atoms with Crippen LogP contribution >= 0.6 is 0 Å². The lowest BCUT2D eigenvalue weighted by Gasteiger charge is -2.24. The van der Waals surface area contributed by atoms with Crippen molar-refractivity contribution in [1.29, 1.82) is 5.26 Å². The molecule has 0 atom stereocenters. The van der Waals surface area contributed by atoms with Crippen LogP contribution in [-0.2, 0) is 25.5 Å². The van der Waals surface area contributed by atoms with Gasteiger partial charge in [0, 0.05) is 31.1 Å². The number of hydrogen-bond acceptors (Lipinski definition) is 7. The molecule has 0 aliphatic heterocycles. The molecule has 0 amide bonds. The molecule has 0 saturated carbocycles. The Balaban J connectivity index is 2.60. The summed E-state index contributed by atoms with van der Waals surface area (Å²) < 4.78 is 15.9. The monoisotopic (exact) mass is 504 g/mol. The largest absolute Gasteiger partial charge is 0.493 e. The number of allylic oxidation sites excluding steroid dienone is 2. The summed E-state index contributed by atoms with van der Waals surface area (Å²) in [5.74, 6) is -0.0303. The molecule has 0 unspecified atom stereocenters. The maximum Gasteiger partial charge on any atom is 0.355 e. The number of likely N-dealkylation sites (N-methyl/N-ethyl adjacent to an activating group) is 1. The molecule has 0 N–H and O–H groups in total. The molecule has 0 aliphatic carbocycles. The molecule has 0 bridgehead atoms.